The van der Waals surface area contributed by atoms with E-state index in [0.29, 0.717) is 18.5 Å². The van der Waals surface area contributed by atoms with Gasteiger partial charge in [0.05, 0.1) is 19.0 Å². The molecule has 2 saturated heterocycles. The molecule has 23 heavy (non-hydrogen) atoms. The lowest BCUT2D eigenvalue weighted by atomic mass is 9.95. The number of hydrogen-bond acceptors (Lipinski definition) is 6. The van der Waals surface area contributed by atoms with E-state index in [9.17, 15) is 8.78 Å². The number of hydrogen-bond donors (Lipinski definition) is 0. The smallest absolute Gasteiger partial charge is 0.388 e. The predicted octanol–water partition coefficient (Wildman–Crippen LogP) is 2.10. The van der Waals surface area contributed by atoms with Gasteiger partial charge in [0, 0.05) is 18.7 Å². The Balaban J connectivity index is 1.54. The summed E-state index contributed by atoms with van der Waals surface area (Å²) < 4.78 is 39.4. The zero-order valence-corrected chi connectivity index (χ0v) is 13.1. The molecule has 0 radical (unpaired) electrons. The summed E-state index contributed by atoms with van der Waals surface area (Å²) in [6.07, 6.45) is 6.96. The van der Waals surface area contributed by atoms with E-state index < -0.39 is 6.61 Å². The molecule has 3 heterocycles. The van der Waals surface area contributed by atoms with Crippen LogP contribution in [0.2, 0.25) is 0 Å². The lowest BCUT2D eigenvalue weighted by molar-refractivity contribution is -0.0532. The highest BCUT2D eigenvalue weighted by Gasteiger charge is 2.49. The summed E-state index contributed by atoms with van der Waals surface area (Å²) in [5.74, 6) is 0.0990. The quantitative estimate of drug-likeness (QED) is 0.764. The highest BCUT2D eigenvalue weighted by Crippen LogP contribution is 2.42. The van der Waals surface area contributed by atoms with Crippen LogP contribution in [0.4, 0.5) is 8.78 Å². The number of methoxy groups -OCH3 is 1. The van der Waals surface area contributed by atoms with E-state index >= 15 is 0 Å². The summed E-state index contributed by atoms with van der Waals surface area (Å²) in [5.41, 5.74) is 0.156. The van der Waals surface area contributed by atoms with Crippen LogP contribution in [0, 0.1) is 0 Å². The molecular formula is C15H21F2N3O3. The van der Waals surface area contributed by atoms with Crippen LogP contribution in [0.25, 0.3) is 0 Å². The third-order valence-corrected chi connectivity index (χ3v) is 4.69. The molecule has 0 N–H and O–H groups in total. The van der Waals surface area contributed by atoms with E-state index in [1.54, 1.807) is 7.11 Å². The van der Waals surface area contributed by atoms with Crippen molar-refractivity contribution in [2.24, 2.45) is 0 Å². The first-order valence-electron chi connectivity index (χ1n) is 7.78. The van der Waals surface area contributed by atoms with E-state index in [2.05, 4.69) is 19.6 Å². The number of rotatable bonds is 7. The maximum absolute atomic E-state index is 12.1. The summed E-state index contributed by atoms with van der Waals surface area (Å²) in [6.45, 7) is -0.582. The number of ether oxygens (including phenoxy) is 3. The molecule has 8 heteroatoms. The van der Waals surface area contributed by atoms with Crippen molar-refractivity contribution in [3.63, 3.8) is 0 Å². The molecule has 2 aliphatic rings. The maximum Gasteiger partial charge on any atom is 0.388 e. The van der Waals surface area contributed by atoms with Crippen LogP contribution in [0.3, 0.4) is 0 Å². The number of aromatic nitrogens is 2. The van der Waals surface area contributed by atoms with Crippen LogP contribution in [0.5, 0.6) is 11.8 Å². The second-order valence-electron chi connectivity index (χ2n) is 6.03. The Morgan fingerprint density at radius 1 is 1.30 bits per heavy atom. The van der Waals surface area contributed by atoms with Gasteiger partial charge < -0.3 is 14.2 Å². The zero-order chi connectivity index (χ0) is 16.3. The molecule has 1 aromatic rings. The van der Waals surface area contributed by atoms with E-state index in [-0.39, 0.29) is 11.4 Å². The first kappa shape index (κ1) is 16.3. The fourth-order valence-electron chi connectivity index (χ4n) is 3.77. The number of nitrogens with zero attached hydrogens (tertiary/aromatic N) is 3. The van der Waals surface area contributed by atoms with Crippen LogP contribution < -0.4 is 9.47 Å². The van der Waals surface area contributed by atoms with Crippen LogP contribution in [0.15, 0.2) is 12.4 Å². The van der Waals surface area contributed by atoms with E-state index in [1.807, 2.05) is 0 Å². The highest BCUT2D eigenvalue weighted by molar-refractivity contribution is 5.12. The molecule has 0 amide bonds. The second-order valence-corrected chi connectivity index (χ2v) is 6.03. The van der Waals surface area contributed by atoms with Gasteiger partial charge in [-0.3, -0.25) is 4.90 Å². The largest absolute Gasteiger partial charge is 0.475 e. The van der Waals surface area contributed by atoms with Crippen LogP contribution >= 0.6 is 0 Å². The van der Waals surface area contributed by atoms with Crippen molar-refractivity contribution in [3.05, 3.63) is 12.4 Å². The van der Waals surface area contributed by atoms with Gasteiger partial charge in [-0.15, -0.1) is 0 Å². The van der Waals surface area contributed by atoms with Crippen molar-refractivity contribution < 1.29 is 23.0 Å². The van der Waals surface area contributed by atoms with E-state index in [1.165, 1.54) is 12.6 Å². The summed E-state index contributed by atoms with van der Waals surface area (Å²) in [7, 11) is 1.74. The summed E-state index contributed by atoms with van der Waals surface area (Å²) in [4.78, 5) is 10.2. The molecule has 0 bridgehead atoms. The molecule has 2 fully saturated rings. The zero-order valence-electron chi connectivity index (χ0n) is 13.1. The van der Waals surface area contributed by atoms with Gasteiger partial charge in [-0.05, 0) is 32.2 Å². The van der Waals surface area contributed by atoms with Gasteiger partial charge >= 0.3 is 6.61 Å². The van der Waals surface area contributed by atoms with Gasteiger partial charge in [-0.2, -0.15) is 8.78 Å². The van der Waals surface area contributed by atoms with Crippen LogP contribution in [-0.4, -0.2) is 59.9 Å². The Hall–Kier alpha value is -1.54. The van der Waals surface area contributed by atoms with Gasteiger partial charge in [0.15, 0.2) is 0 Å². The molecule has 0 saturated carbocycles. The Labute approximate surface area is 133 Å². The molecule has 0 aliphatic carbocycles. The fraction of sp³-hybridized carbons (Fsp3) is 0.733. The highest BCUT2D eigenvalue weighted by atomic mass is 19.3. The van der Waals surface area contributed by atoms with Crippen molar-refractivity contribution in [1.29, 1.82) is 0 Å². The first-order chi connectivity index (χ1) is 11.1. The third-order valence-electron chi connectivity index (χ3n) is 4.69. The van der Waals surface area contributed by atoms with Gasteiger partial charge in [0.2, 0.25) is 11.8 Å². The lowest BCUT2D eigenvalue weighted by Crippen LogP contribution is -2.47. The average molecular weight is 329 g/mol. The summed E-state index contributed by atoms with van der Waals surface area (Å²) >= 11 is 0. The van der Waals surface area contributed by atoms with Crippen molar-refractivity contribution in [1.82, 2.24) is 14.9 Å². The Morgan fingerprint density at radius 2 is 2.09 bits per heavy atom. The fourth-order valence-corrected chi connectivity index (χ4v) is 3.77. The first-order valence-corrected chi connectivity index (χ1v) is 7.78. The van der Waals surface area contributed by atoms with Gasteiger partial charge in [0.1, 0.15) is 6.61 Å². The second kappa shape index (κ2) is 6.92. The van der Waals surface area contributed by atoms with E-state index in [4.69, 9.17) is 9.47 Å². The van der Waals surface area contributed by atoms with Crippen molar-refractivity contribution in [3.8, 4) is 11.8 Å². The van der Waals surface area contributed by atoms with Crippen LogP contribution in [0.1, 0.15) is 25.7 Å². The van der Waals surface area contributed by atoms with Gasteiger partial charge in [-0.1, -0.05) is 0 Å². The molecule has 0 unspecified atom stereocenters. The summed E-state index contributed by atoms with van der Waals surface area (Å²) in [6, 6.07) is 0.325. The molecular weight excluding hydrogens is 308 g/mol. The van der Waals surface area contributed by atoms with Crippen LogP contribution in [-0.2, 0) is 4.74 Å². The van der Waals surface area contributed by atoms with Gasteiger partial charge in [-0.25, -0.2) is 9.97 Å². The Kier molecular flexibility index (Phi) is 4.91. The Morgan fingerprint density at radius 3 is 2.78 bits per heavy atom. The molecule has 128 valence electrons. The lowest BCUT2D eigenvalue weighted by Gasteiger charge is -2.34. The average Bonchev–Trinajstić information content (AvgIpc) is 3.06. The maximum atomic E-state index is 12.1. The SMILES string of the molecule is COC[C@@]12CCCN1[C@H](COc1cnc(OC(F)F)cn1)CC2. The molecule has 2 aliphatic heterocycles. The van der Waals surface area contributed by atoms with Crippen molar-refractivity contribution >= 4 is 0 Å². The summed E-state index contributed by atoms with van der Waals surface area (Å²) in [5, 5.41) is 0. The molecule has 0 aromatic carbocycles. The molecule has 6 nitrogen and oxygen atoms in total. The van der Waals surface area contributed by atoms with Gasteiger partial charge in [0.25, 0.3) is 0 Å². The van der Waals surface area contributed by atoms with Crippen molar-refractivity contribution in [2.75, 3.05) is 26.9 Å². The van der Waals surface area contributed by atoms with E-state index in [0.717, 1.165) is 38.6 Å². The number of fused-ring (bicyclic) bond motifs is 1. The minimum atomic E-state index is -2.90. The number of halogens is 2. The molecule has 0 spiro atoms. The number of alkyl halides is 2. The monoisotopic (exact) mass is 329 g/mol. The van der Waals surface area contributed by atoms with Crippen molar-refractivity contribution in [2.45, 2.75) is 43.9 Å². The normalized spacial score (nSPS) is 27.4. The minimum absolute atomic E-state index is 0.156. The Bertz CT molecular complexity index is 517. The topological polar surface area (TPSA) is 56.7 Å². The molecule has 2 atom stereocenters. The predicted molar refractivity (Wildman–Crippen MR) is 77.7 cm³/mol. The minimum Gasteiger partial charge on any atom is -0.475 e. The third kappa shape index (κ3) is 3.53. The molecule has 3 rings (SSSR count). The molecule has 1 aromatic heterocycles. The standard InChI is InChI=1S/C15H21F2N3O3/c1-21-10-15-4-2-6-20(15)11(3-5-15)9-22-12-7-19-13(8-18-12)23-14(16)17/h7-8,11,14H,2-6,9-10H2,1H3/t11-,15-/m0/s1.